The second kappa shape index (κ2) is 6.49. The number of ketones is 1. The SMILES string of the molecule is CC(=O)c1c(N(C)S(=O)(=O)O)ccc2c1C(C)(C)C(N1CCOCC1)O2. The molecule has 0 bridgehead atoms. The summed E-state index contributed by atoms with van der Waals surface area (Å²) in [7, 11) is -3.27. The average molecular weight is 384 g/mol. The maximum Gasteiger partial charge on any atom is 0.359 e. The first-order chi connectivity index (χ1) is 12.0. The lowest BCUT2D eigenvalue weighted by molar-refractivity contribution is -0.0613. The first-order valence-electron chi connectivity index (χ1n) is 8.43. The van der Waals surface area contributed by atoms with Crippen LogP contribution < -0.4 is 9.04 Å². The summed E-state index contributed by atoms with van der Waals surface area (Å²) >= 11 is 0. The maximum absolute atomic E-state index is 12.4. The van der Waals surface area contributed by atoms with Crippen LogP contribution in [-0.2, 0) is 20.5 Å². The smallest absolute Gasteiger partial charge is 0.359 e. The third-order valence-corrected chi connectivity index (χ3v) is 5.95. The van der Waals surface area contributed by atoms with E-state index in [1.807, 2.05) is 13.8 Å². The molecule has 0 aromatic heterocycles. The van der Waals surface area contributed by atoms with E-state index in [9.17, 15) is 17.8 Å². The van der Waals surface area contributed by atoms with Gasteiger partial charge in [-0.1, -0.05) is 13.8 Å². The standard InChI is InChI=1S/C17H24N2O6S/c1-11(20)14-12(18(4)26(21,22)23)5-6-13-15(14)17(2,3)16(25-13)19-7-9-24-10-8-19/h5-6,16H,7-10H2,1-4H3,(H,21,22,23). The van der Waals surface area contributed by atoms with E-state index in [0.29, 0.717) is 28.8 Å². The van der Waals surface area contributed by atoms with Crippen LogP contribution in [0.2, 0.25) is 0 Å². The van der Waals surface area contributed by atoms with Crippen molar-refractivity contribution in [1.29, 1.82) is 0 Å². The fourth-order valence-corrected chi connectivity index (χ4v) is 4.19. The zero-order valence-corrected chi connectivity index (χ0v) is 16.2. The molecule has 1 fully saturated rings. The van der Waals surface area contributed by atoms with E-state index in [4.69, 9.17) is 9.47 Å². The average Bonchev–Trinajstić information content (AvgIpc) is 2.84. The molecular weight excluding hydrogens is 360 g/mol. The molecule has 3 rings (SSSR count). The van der Waals surface area contributed by atoms with Crippen LogP contribution in [-0.4, -0.2) is 63.2 Å². The third kappa shape index (κ3) is 3.09. The summed E-state index contributed by atoms with van der Waals surface area (Å²) in [6.07, 6.45) is -0.286. The molecule has 144 valence electrons. The molecular formula is C17H24N2O6S. The lowest BCUT2D eigenvalue weighted by Gasteiger charge is -2.38. The molecule has 0 amide bonds. The number of carbonyl (C=O) groups excluding carboxylic acids is 1. The van der Waals surface area contributed by atoms with Crippen molar-refractivity contribution in [2.75, 3.05) is 37.7 Å². The van der Waals surface area contributed by atoms with Gasteiger partial charge in [-0.25, -0.2) is 0 Å². The van der Waals surface area contributed by atoms with E-state index < -0.39 is 15.7 Å². The zero-order chi connectivity index (χ0) is 19.3. The van der Waals surface area contributed by atoms with Crippen molar-refractivity contribution in [3.63, 3.8) is 0 Å². The van der Waals surface area contributed by atoms with Gasteiger partial charge in [0, 0.05) is 36.7 Å². The molecule has 1 atom stereocenters. The van der Waals surface area contributed by atoms with E-state index in [1.165, 1.54) is 20.0 Å². The summed E-state index contributed by atoms with van der Waals surface area (Å²) in [5, 5.41) is 0. The van der Waals surface area contributed by atoms with E-state index in [0.717, 1.165) is 13.1 Å². The Morgan fingerprint density at radius 1 is 1.31 bits per heavy atom. The number of anilines is 1. The highest BCUT2D eigenvalue weighted by molar-refractivity contribution is 7.87. The Hall–Kier alpha value is -1.68. The number of hydrogen-bond acceptors (Lipinski definition) is 6. The van der Waals surface area contributed by atoms with Crippen molar-refractivity contribution in [2.24, 2.45) is 0 Å². The van der Waals surface area contributed by atoms with Gasteiger partial charge in [0.2, 0.25) is 0 Å². The predicted molar refractivity (Wildman–Crippen MR) is 96.2 cm³/mol. The van der Waals surface area contributed by atoms with Crippen molar-refractivity contribution in [3.05, 3.63) is 23.3 Å². The number of morpholine rings is 1. The minimum absolute atomic E-state index is 0.137. The van der Waals surface area contributed by atoms with Gasteiger partial charge in [0.25, 0.3) is 0 Å². The Kier molecular flexibility index (Phi) is 4.76. The minimum atomic E-state index is -4.49. The first-order valence-corrected chi connectivity index (χ1v) is 9.83. The predicted octanol–water partition coefficient (Wildman–Crippen LogP) is 1.46. The quantitative estimate of drug-likeness (QED) is 0.620. The Labute approximate surface area is 153 Å². The molecule has 9 heteroatoms. The number of benzene rings is 1. The molecule has 0 saturated carbocycles. The summed E-state index contributed by atoms with van der Waals surface area (Å²) in [5.74, 6) is 0.274. The summed E-state index contributed by atoms with van der Waals surface area (Å²) < 4.78 is 44.9. The molecule has 26 heavy (non-hydrogen) atoms. The first kappa shape index (κ1) is 19.1. The van der Waals surface area contributed by atoms with Crippen LogP contribution in [0, 0.1) is 0 Å². The van der Waals surface area contributed by atoms with Crippen LogP contribution in [0.5, 0.6) is 5.75 Å². The van der Waals surface area contributed by atoms with Crippen LogP contribution in [0.1, 0.15) is 36.7 Å². The van der Waals surface area contributed by atoms with Crippen molar-refractivity contribution >= 4 is 21.8 Å². The number of rotatable bonds is 4. The van der Waals surface area contributed by atoms with Gasteiger partial charge in [-0.05, 0) is 19.1 Å². The fraction of sp³-hybridized carbons (Fsp3) is 0.588. The van der Waals surface area contributed by atoms with Gasteiger partial charge >= 0.3 is 10.3 Å². The number of fused-ring (bicyclic) bond motifs is 1. The summed E-state index contributed by atoms with van der Waals surface area (Å²) in [6.45, 7) is 8.00. The van der Waals surface area contributed by atoms with Crippen LogP contribution in [0.3, 0.4) is 0 Å². The monoisotopic (exact) mass is 384 g/mol. The van der Waals surface area contributed by atoms with Crippen LogP contribution in [0.25, 0.3) is 0 Å². The Bertz CT molecular complexity index is 830. The van der Waals surface area contributed by atoms with Crippen molar-refractivity contribution < 1.29 is 27.2 Å². The Morgan fingerprint density at radius 2 is 1.92 bits per heavy atom. The largest absolute Gasteiger partial charge is 0.474 e. The lowest BCUT2D eigenvalue weighted by Crippen LogP contribution is -2.52. The number of carbonyl (C=O) groups is 1. The molecule has 2 aliphatic heterocycles. The Morgan fingerprint density at radius 3 is 2.46 bits per heavy atom. The second-order valence-corrected chi connectivity index (χ2v) is 8.62. The molecule has 2 heterocycles. The molecule has 2 aliphatic rings. The highest BCUT2D eigenvalue weighted by atomic mass is 32.2. The highest BCUT2D eigenvalue weighted by Crippen LogP contribution is 2.48. The molecule has 0 radical (unpaired) electrons. The fourth-order valence-electron chi connectivity index (χ4n) is 3.79. The normalized spacial score (nSPS) is 22.6. The van der Waals surface area contributed by atoms with Gasteiger partial charge in [0.05, 0.1) is 18.9 Å². The lowest BCUT2D eigenvalue weighted by atomic mass is 9.79. The molecule has 1 aromatic carbocycles. The third-order valence-electron chi connectivity index (χ3n) is 5.06. The molecule has 1 saturated heterocycles. The van der Waals surface area contributed by atoms with Crippen molar-refractivity contribution in [3.8, 4) is 5.75 Å². The Balaban J connectivity index is 2.13. The van der Waals surface area contributed by atoms with Gasteiger partial charge < -0.3 is 9.47 Å². The minimum Gasteiger partial charge on any atom is -0.474 e. The molecule has 1 unspecified atom stereocenters. The summed E-state index contributed by atoms with van der Waals surface area (Å²) in [6, 6.07) is 3.14. The van der Waals surface area contributed by atoms with Gasteiger partial charge in [-0.3, -0.25) is 18.6 Å². The van der Waals surface area contributed by atoms with Gasteiger partial charge in [-0.15, -0.1) is 0 Å². The van der Waals surface area contributed by atoms with E-state index >= 15 is 0 Å². The molecule has 8 nitrogen and oxygen atoms in total. The van der Waals surface area contributed by atoms with Crippen molar-refractivity contribution in [1.82, 2.24) is 4.90 Å². The van der Waals surface area contributed by atoms with E-state index in [-0.39, 0.29) is 23.3 Å². The van der Waals surface area contributed by atoms with Gasteiger partial charge in [-0.2, -0.15) is 8.42 Å². The maximum atomic E-state index is 12.4. The van der Waals surface area contributed by atoms with E-state index in [1.54, 1.807) is 6.07 Å². The number of ether oxygens (including phenoxy) is 2. The molecule has 1 N–H and O–H groups in total. The van der Waals surface area contributed by atoms with Crippen molar-refractivity contribution in [2.45, 2.75) is 32.4 Å². The molecule has 1 aromatic rings. The van der Waals surface area contributed by atoms with Gasteiger partial charge in [0.15, 0.2) is 12.0 Å². The number of Topliss-reactive ketones (excluding diaryl/α,β-unsaturated/α-hetero) is 1. The van der Waals surface area contributed by atoms with Crippen LogP contribution in [0.15, 0.2) is 12.1 Å². The van der Waals surface area contributed by atoms with Gasteiger partial charge in [0.1, 0.15) is 5.75 Å². The summed E-state index contributed by atoms with van der Waals surface area (Å²) in [5.41, 5.74) is 0.500. The second-order valence-electron chi connectivity index (χ2n) is 7.17. The van der Waals surface area contributed by atoms with Crippen LogP contribution in [0.4, 0.5) is 5.69 Å². The summed E-state index contributed by atoms with van der Waals surface area (Å²) in [4.78, 5) is 14.6. The van der Waals surface area contributed by atoms with Crippen LogP contribution >= 0.6 is 0 Å². The number of hydrogen-bond donors (Lipinski definition) is 1. The highest BCUT2D eigenvalue weighted by Gasteiger charge is 2.48. The topological polar surface area (TPSA) is 96.4 Å². The number of nitrogens with zero attached hydrogens (tertiary/aromatic N) is 2. The van der Waals surface area contributed by atoms with E-state index in [2.05, 4.69) is 4.90 Å². The zero-order valence-electron chi connectivity index (χ0n) is 15.4. The molecule has 0 aliphatic carbocycles. The molecule has 0 spiro atoms.